The first-order valence-electron chi connectivity index (χ1n) is 6.96. The second kappa shape index (κ2) is 5.99. The van der Waals surface area contributed by atoms with E-state index in [4.69, 9.17) is 9.52 Å². The Morgan fingerprint density at radius 1 is 1.33 bits per heavy atom. The Balaban J connectivity index is 1.67. The first-order valence-corrected chi connectivity index (χ1v) is 8.45. The quantitative estimate of drug-likeness (QED) is 0.904. The zero-order valence-corrected chi connectivity index (χ0v) is 12.3. The van der Waals surface area contributed by atoms with Crippen molar-refractivity contribution in [2.75, 3.05) is 11.5 Å². The molecule has 1 saturated heterocycles. The van der Waals surface area contributed by atoms with E-state index >= 15 is 0 Å². The van der Waals surface area contributed by atoms with E-state index in [9.17, 15) is 9.00 Å². The highest BCUT2D eigenvalue weighted by molar-refractivity contribution is 7.85. The minimum atomic E-state index is -1.05. The number of hydrogen-bond donors (Lipinski definition) is 2. The predicted octanol–water partition coefficient (Wildman–Crippen LogP) is 2.13. The zero-order chi connectivity index (χ0) is 14.8. The summed E-state index contributed by atoms with van der Waals surface area (Å²) < 4.78 is 16.5. The fourth-order valence-corrected chi connectivity index (χ4v) is 3.87. The number of carboxylic acid groups (broad SMARTS) is 1. The van der Waals surface area contributed by atoms with E-state index in [0.29, 0.717) is 11.6 Å². The lowest BCUT2D eigenvalue weighted by atomic mass is 10.1. The van der Waals surface area contributed by atoms with Gasteiger partial charge >= 0.3 is 5.97 Å². The van der Waals surface area contributed by atoms with Crippen molar-refractivity contribution in [3.05, 3.63) is 35.6 Å². The third-order valence-electron chi connectivity index (χ3n) is 3.77. The van der Waals surface area contributed by atoms with Gasteiger partial charge in [-0.25, -0.2) is 4.79 Å². The van der Waals surface area contributed by atoms with Crippen LogP contribution >= 0.6 is 0 Å². The molecule has 1 fully saturated rings. The smallest absolute Gasteiger partial charge is 0.371 e. The highest BCUT2D eigenvalue weighted by atomic mass is 32.2. The average molecular weight is 307 g/mol. The third kappa shape index (κ3) is 3.33. The Morgan fingerprint density at radius 3 is 2.81 bits per heavy atom. The van der Waals surface area contributed by atoms with Gasteiger partial charge in [0.1, 0.15) is 5.58 Å². The van der Waals surface area contributed by atoms with Crippen molar-refractivity contribution in [1.82, 2.24) is 5.32 Å². The number of hydrogen-bond acceptors (Lipinski definition) is 4. The van der Waals surface area contributed by atoms with E-state index in [0.717, 1.165) is 41.8 Å². The van der Waals surface area contributed by atoms with Crippen LogP contribution in [-0.2, 0) is 17.3 Å². The molecule has 5 nitrogen and oxygen atoms in total. The number of nitrogens with one attached hydrogen (secondary N) is 1. The SMILES string of the molecule is O=C(O)c1cc2cc(CNC3CCS(=O)CC3)ccc2o1. The fraction of sp³-hybridized carbons (Fsp3) is 0.400. The molecule has 0 radical (unpaired) electrons. The summed E-state index contributed by atoms with van der Waals surface area (Å²) in [6, 6.07) is 7.64. The van der Waals surface area contributed by atoms with Crippen molar-refractivity contribution < 1.29 is 18.5 Å². The number of rotatable bonds is 4. The molecule has 0 saturated carbocycles. The first-order chi connectivity index (χ1) is 10.1. The number of benzene rings is 1. The second-order valence-corrected chi connectivity index (χ2v) is 6.99. The van der Waals surface area contributed by atoms with E-state index in [1.807, 2.05) is 12.1 Å². The highest BCUT2D eigenvalue weighted by Gasteiger charge is 2.17. The molecule has 0 aliphatic carbocycles. The van der Waals surface area contributed by atoms with Gasteiger partial charge < -0.3 is 14.8 Å². The molecule has 0 unspecified atom stereocenters. The van der Waals surface area contributed by atoms with Gasteiger partial charge in [-0.2, -0.15) is 0 Å². The van der Waals surface area contributed by atoms with Crippen LogP contribution in [0.15, 0.2) is 28.7 Å². The normalized spacial score (nSPS) is 22.5. The van der Waals surface area contributed by atoms with Crippen molar-refractivity contribution in [2.24, 2.45) is 0 Å². The van der Waals surface area contributed by atoms with E-state index in [1.54, 1.807) is 12.1 Å². The molecule has 1 aliphatic heterocycles. The number of carboxylic acids is 1. The van der Waals surface area contributed by atoms with Crippen molar-refractivity contribution >= 4 is 27.7 Å². The number of carbonyl (C=O) groups is 1. The van der Waals surface area contributed by atoms with Crippen LogP contribution in [0, 0.1) is 0 Å². The van der Waals surface area contributed by atoms with Crippen LogP contribution in [0.1, 0.15) is 29.0 Å². The summed E-state index contributed by atoms with van der Waals surface area (Å²) in [5.41, 5.74) is 1.68. The van der Waals surface area contributed by atoms with Gasteiger partial charge in [-0.15, -0.1) is 0 Å². The van der Waals surface area contributed by atoms with E-state index in [-0.39, 0.29) is 5.76 Å². The van der Waals surface area contributed by atoms with Gasteiger partial charge in [0.15, 0.2) is 0 Å². The van der Waals surface area contributed by atoms with Gasteiger partial charge in [0.25, 0.3) is 0 Å². The molecule has 2 heterocycles. The summed E-state index contributed by atoms with van der Waals surface area (Å²) in [6.07, 6.45) is 1.90. The molecule has 21 heavy (non-hydrogen) atoms. The van der Waals surface area contributed by atoms with Crippen LogP contribution in [0.2, 0.25) is 0 Å². The van der Waals surface area contributed by atoms with Crippen LogP contribution in [-0.4, -0.2) is 32.8 Å². The molecule has 1 aromatic heterocycles. The lowest BCUT2D eigenvalue weighted by molar-refractivity contribution is 0.0665. The summed E-state index contributed by atoms with van der Waals surface area (Å²) in [7, 11) is -0.637. The fourth-order valence-electron chi connectivity index (χ4n) is 2.57. The molecule has 2 aromatic rings. The maximum Gasteiger partial charge on any atom is 0.371 e. The number of fused-ring (bicyclic) bond motifs is 1. The molecular formula is C15H17NO4S. The molecule has 2 N–H and O–H groups in total. The summed E-state index contributed by atoms with van der Waals surface area (Å²) in [5, 5.41) is 13.2. The molecule has 6 heteroatoms. The van der Waals surface area contributed by atoms with E-state index in [1.165, 1.54) is 0 Å². The van der Waals surface area contributed by atoms with Crippen molar-refractivity contribution in [2.45, 2.75) is 25.4 Å². The minimum Gasteiger partial charge on any atom is -0.475 e. The van der Waals surface area contributed by atoms with Crippen LogP contribution in [0.25, 0.3) is 11.0 Å². The Bertz CT molecular complexity index is 684. The summed E-state index contributed by atoms with van der Waals surface area (Å²) in [4.78, 5) is 10.9. The second-order valence-electron chi connectivity index (χ2n) is 5.29. The summed E-state index contributed by atoms with van der Waals surface area (Å²) in [6.45, 7) is 0.723. The Hall–Kier alpha value is -1.66. The summed E-state index contributed by atoms with van der Waals surface area (Å²) >= 11 is 0. The molecular weight excluding hydrogens is 290 g/mol. The van der Waals surface area contributed by atoms with Crippen molar-refractivity contribution in [3.8, 4) is 0 Å². The van der Waals surface area contributed by atoms with Gasteiger partial charge in [-0.3, -0.25) is 4.21 Å². The topological polar surface area (TPSA) is 79.5 Å². The minimum absolute atomic E-state index is 0.0372. The molecule has 3 rings (SSSR count). The maximum absolute atomic E-state index is 11.3. The molecule has 1 aliphatic rings. The first kappa shape index (κ1) is 14.3. The monoisotopic (exact) mass is 307 g/mol. The van der Waals surface area contributed by atoms with Gasteiger partial charge in [0, 0.05) is 40.3 Å². The van der Waals surface area contributed by atoms with E-state index < -0.39 is 16.8 Å². The largest absolute Gasteiger partial charge is 0.475 e. The van der Waals surface area contributed by atoms with Gasteiger partial charge in [0.05, 0.1) is 0 Å². The standard InChI is InChI=1S/C15H17NO4S/c17-15(18)14-8-11-7-10(1-2-13(11)20-14)9-16-12-3-5-21(19)6-4-12/h1-2,7-8,12,16H,3-6,9H2,(H,17,18). The maximum atomic E-state index is 11.3. The lowest BCUT2D eigenvalue weighted by Crippen LogP contribution is -2.35. The van der Waals surface area contributed by atoms with Crippen molar-refractivity contribution in [3.63, 3.8) is 0 Å². The molecule has 112 valence electrons. The van der Waals surface area contributed by atoms with E-state index in [2.05, 4.69) is 5.32 Å². The highest BCUT2D eigenvalue weighted by Crippen LogP contribution is 2.21. The van der Waals surface area contributed by atoms with Gasteiger partial charge in [-0.05, 0) is 36.6 Å². The van der Waals surface area contributed by atoms with Crippen LogP contribution in [0.5, 0.6) is 0 Å². The average Bonchev–Trinajstić information content (AvgIpc) is 2.90. The molecule has 0 amide bonds. The predicted molar refractivity (Wildman–Crippen MR) is 80.9 cm³/mol. The lowest BCUT2D eigenvalue weighted by Gasteiger charge is -2.22. The summed E-state index contributed by atoms with van der Waals surface area (Å²) in [5.74, 6) is 0.465. The Morgan fingerprint density at radius 2 is 2.10 bits per heavy atom. The molecule has 0 bridgehead atoms. The molecule has 0 spiro atoms. The van der Waals surface area contributed by atoms with Crippen LogP contribution in [0.4, 0.5) is 0 Å². The van der Waals surface area contributed by atoms with Crippen LogP contribution < -0.4 is 5.32 Å². The zero-order valence-electron chi connectivity index (χ0n) is 11.5. The third-order valence-corrected chi connectivity index (χ3v) is 5.16. The van der Waals surface area contributed by atoms with Crippen molar-refractivity contribution in [1.29, 1.82) is 0 Å². The Kier molecular flexibility index (Phi) is 4.07. The van der Waals surface area contributed by atoms with Crippen LogP contribution in [0.3, 0.4) is 0 Å². The number of aromatic carboxylic acids is 1. The van der Waals surface area contributed by atoms with Gasteiger partial charge in [-0.1, -0.05) is 6.07 Å². The number of furan rings is 1. The molecule has 1 aromatic carbocycles. The molecule has 0 atom stereocenters. The Labute approximate surface area is 124 Å². The van der Waals surface area contributed by atoms with Gasteiger partial charge in [0.2, 0.25) is 5.76 Å².